The first-order valence-electron chi connectivity index (χ1n) is 5.77. The number of amides is 2. The fraction of sp³-hybridized carbons (Fsp3) is 0.800. The van der Waals surface area contributed by atoms with Crippen molar-refractivity contribution in [3.05, 3.63) is 0 Å². The van der Waals surface area contributed by atoms with Crippen LogP contribution in [-0.4, -0.2) is 65.8 Å². The molecule has 1 saturated carbocycles. The van der Waals surface area contributed by atoms with Crippen molar-refractivity contribution in [3.8, 4) is 0 Å². The van der Waals surface area contributed by atoms with Gasteiger partial charge in [0.25, 0.3) is 0 Å². The molecule has 1 saturated heterocycles. The Bertz CT molecular complexity index is 322. The summed E-state index contributed by atoms with van der Waals surface area (Å²) in [4.78, 5) is 24.7. The molecule has 96 valence electrons. The van der Waals surface area contributed by atoms with Gasteiger partial charge in [-0.1, -0.05) is 0 Å². The number of carboxylic acid groups (broad SMARTS) is 1. The number of likely N-dealkylation sites (N-methyl/N-ethyl adjacent to an activating group) is 1. The predicted octanol–water partition coefficient (Wildman–Crippen LogP) is -0.935. The number of nitrogens with zero attached hydrogens (tertiary/aromatic N) is 2. The smallest absolute Gasteiger partial charge is 0.330 e. The number of carbonyl (C=O) groups excluding carboxylic acids is 1. The molecule has 1 aliphatic heterocycles. The van der Waals surface area contributed by atoms with Crippen LogP contribution in [0.5, 0.6) is 0 Å². The number of hydrazine groups is 1. The molecule has 2 amide bonds. The highest BCUT2D eigenvalue weighted by molar-refractivity contribution is 5.88. The highest BCUT2D eigenvalue weighted by Gasteiger charge is 2.51. The minimum absolute atomic E-state index is 0.422. The van der Waals surface area contributed by atoms with Gasteiger partial charge in [0.1, 0.15) is 5.54 Å². The SMILES string of the molecule is CN1CCN(NC(=O)NC2(C(=O)O)CC2)CC1. The fourth-order valence-electron chi connectivity index (χ4n) is 1.82. The molecule has 0 aromatic rings. The van der Waals surface area contributed by atoms with Gasteiger partial charge in [-0.25, -0.2) is 14.6 Å². The van der Waals surface area contributed by atoms with Crippen LogP contribution >= 0.6 is 0 Å². The molecule has 7 heteroatoms. The Morgan fingerprint density at radius 1 is 1.18 bits per heavy atom. The van der Waals surface area contributed by atoms with Crippen molar-refractivity contribution < 1.29 is 14.7 Å². The normalized spacial score (nSPS) is 24.1. The van der Waals surface area contributed by atoms with E-state index in [0.29, 0.717) is 12.8 Å². The Morgan fingerprint density at radius 3 is 2.24 bits per heavy atom. The van der Waals surface area contributed by atoms with Gasteiger partial charge in [-0.15, -0.1) is 0 Å². The maximum absolute atomic E-state index is 11.6. The molecule has 7 nitrogen and oxygen atoms in total. The largest absolute Gasteiger partial charge is 0.480 e. The van der Waals surface area contributed by atoms with Gasteiger partial charge in [0.15, 0.2) is 0 Å². The zero-order valence-corrected chi connectivity index (χ0v) is 9.90. The van der Waals surface area contributed by atoms with Crippen LogP contribution in [0.3, 0.4) is 0 Å². The summed E-state index contributed by atoms with van der Waals surface area (Å²) in [6.45, 7) is 3.29. The van der Waals surface area contributed by atoms with E-state index in [-0.39, 0.29) is 0 Å². The van der Waals surface area contributed by atoms with Crippen molar-refractivity contribution in [2.24, 2.45) is 0 Å². The Labute approximate surface area is 99.7 Å². The van der Waals surface area contributed by atoms with E-state index in [4.69, 9.17) is 5.11 Å². The molecular weight excluding hydrogens is 224 g/mol. The van der Waals surface area contributed by atoms with Gasteiger partial charge < -0.3 is 15.3 Å². The average Bonchev–Trinajstić information content (AvgIpc) is 3.02. The molecule has 0 spiro atoms. The average molecular weight is 242 g/mol. The molecule has 0 aromatic heterocycles. The van der Waals surface area contributed by atoms with Gasteiger partial charge >= 0.3 is 12.0 Å². The minimum Gasteiger partial charge on any atom is -0.480 e. The standard InChI is InChI=1S/C10H18N4O3/c1-13-4-6-14(7-5-13)12-9(17)11-10(2-3-10)8(15)16/h2-7H2,1H3,(H,15,16)(H2,11,12,17). The molecule has 0 bridgehead atoms. The second-order valence-corrected chi connectivity index (χ2v) is 4.74. The van der Waals surface area contributed by atoms with E-state index in [2.05, 4.69) is 15.6 Å². The van der Waals surface area contributed by atoms with Crippen LogP contribution in [0.25, 0.3) is 0 Å². The third kappa shape index (κ3) is 2.86. The minimum atomic E-state index is -1.02. The number of rotatable bonds is 3. The fourth-order valence-corrected chi connectivity index (χ4v) is 1.82. The maximum atomic E-state index is 11.6. The van der Waals surface area contributed by atoms with Gasteiger partial charge in [-0.05, 0) is 19.9 Å². The van der Waals surface area contributed by atoms with E-state index in [1.54, 1.807) is 0 Å². The monoisotopic (exact) mass is 242 g/mol. The Balaban J connectivity index is 1.76. The summed E-state index contributed by atoms with van der Waals surface area (Å²) in [5.41, 5.74) is 1.67. The number of carboxylic acids is 1. The Morgan fingerprint density at radius 2 is 1.76 bits per heavy atom. The van der Waals surface area contributed by atoms with Crippen LogP contribution in [0.4, 0.5) is 4.79 Å². The quantitative estimate of drug-likeness (QED) is 0.595. The summed E-state index contributed by atoms with van der Waals surface area (Å²) in [6.07, 6.45) is 1.02. The lowest BCUT2D eigenvalue weighted by molar-refractivity contribution is -0.140. The number of carbonyl (C=O) groups is 2. The van der Waals surface area contributed by atoms with Crippen LogP contribution in [-0.2, 0) is 4.79 Å². The maximum Gasteiger partial charge on any atom is 0.330 e. The van der Waals surface area contributed by atoms with Crippen molar-refractivity contribution in [1.29, 1.82) is 0 Å². The van der Waals surface area contributed by atoms with E-state index >= 15 is 0 Å². The molecule has 0 aromatic carbocycles. The van der Waals surface area contributed by atoms with E-state index < -0.39 is 17.5 Å². The topological polar surface area (TPSA) is 84.9 Å². The molecule has 0 radical (unpaired) electrons. The number of nitrogens with one attached hydrogen (secondary N) is 2. The van der Waals surface area contributed by atoms with E-state index in [0.717, 1.165) is 26.2 Å². The Kier molecular flexibility index (Phi) is 3.21. The lowest BCUT2D eigenvalue weighted by Crippen LogP contribution is -2.57. The summed E-state index contributed by atoms with van der Waals surface area (Å²) >= 11 is 0. The summed E-state index contributed by atoms with van der Waals surface area (Å²) in [6, 6.07) is -0.422. The third-order valence-corrected chi connectivity index (χ3v) is 3.28. The molecule has 0 unspecified atom stereocenters. The lowest BCUT2D eigenvalue weighted by atomic mass is 10.3. The molecule has 2 fully saturated rings. The molecule has 17 heavy (non-hydrogen) atoms. The molecular formula is C10H18N4O3. The van der Waals surface area contributed by atoms with Crippen molar-refractivity contribution in [1.82, 2.24) is 20.7 Å². The van der Waals surface area contributed by atoms with Crippen molar-refractivity contribution in [2.75, 3.05) is 33.2 Å². The van der Waals surface area contributed by atoms with Crippen molar-refractivity contribution in [3.63, 3.8) is 0 Å². The molecule has 3 N–H and O–H groups in total. The predicted molar refractivity (Wildman–Crippen MR) is 60.3 cm³/mol. The highest BCUT2D eigenvalue weighted by Crippen LogP contribution is 2.35. The van der Waals surface area contributed by atoms with E-state index in [9.17, 15) is 9.59 Å². The van der Waals surface area contributed by atoms with Gasteiger partial charge in [-0.3, -0.25) is 5.43 Å². The summed E-state index contributed by atoms with van der Waals surface area (Å²) in [5.74, 6) is -0.953. The zero-order valence-electron chi connectivity index (χ0n) is 9.90. The van der Waals surface area contributed by atoms with E-state index in [1.165, 1.54) is 0 Å². The summed E-state index contributed by atoms with van der Waals surface area (Å²) in [7, 11) is 2.03. The van der Waals surface area contributed by atoms with E-state index in [1.807, 2.05) is 12.1 Å². The van der Waals surface area contributed by atoms with Gasteiger partial charge in [-0.2, -0.15) is 0 Å². The van der Waals surface area contributed by atoms with Gasteiger partial charge in [0.2, 0.25) is 0 Å². The van der Waals surface area contributed by atoms with Crippen molar-refractivity contribution in [2.45, 2.75) is 18.4 Å². The molecule has 2 aliphatic rings. The first-order chi connectivity index (χ1) is 8.02. The van der Waals surface area contributed by atoms with Crippen molar-refractivity contribution >= 4 is 12.0 Å². The second-order valence-electron chi connectivity index (χ2n) is 4.74. The second kappa shape index (κ2) is 4.50. The third-order valence-electron chi connectivity index (χ3n) is 3.28. The van der Waals surface area contributed by atoms with Gasteiger partial charge in [0, 0.05) is 26.2 Å². The number of hydrogen-bond donors (Lipinski definition) is 3. The number of hydrogen-bond acceptors (Lipinski definition) is 4. The summed E-state index contributed by atoms with van der Waals surface area (Å²) < 4.78 is 0. The molecule has 1 heterocycles. The van der Waals surface area contributed by atoms with Crippen LogP contribution in [0.1, 0.15) is 12.8 Å². The Hall–Kier alpha value is -1.34. The summed E-state index contributed by atoms with van der Waals surface area (Å²) in [5, 5.41) is 13.3. The first-order valence-corrected chi connectivity index (χ1v) is 5.77. The number of urea groups is 1. The van der Waals surface area contributed by atoms with Gasteiger partial charge in [0.05, 0.1) is 0 Å². The highest BCUT2D eigenvalue weighted by atomic mass is 16.4. The number of aliphatic carboxylic acids is 1. The van der Waals surface area contributed by atoms with Crippen LogP contribution < -0.4 is 10.7 Å². The first kappa shape index (κ1) is 12.1. The number of piperazine rings is 1. The zero-order chi connectivity index (χ0) is 12.5. The van der Waals surface area contributed by atoms with Crippen LogP contribution in [0.15, 0.2) is 0 Å². The van der Waals surface area contributed by atoms with Crippen LogP contribution in [0, 0.1) is 0 Å². The molecule has 1 aliphatic carbocycles. The molecule has 2 rings (SSSR count). The lowest BCUT2D eigenvalue weighted by Gasteiger charge is -2.32. The molecule has 0 atom stereocenters. The van der Waals surface area contributed by atoms with Crippen LogP contribution in [0.2, 0.25) is 0 Å².